The number of hydrogen-bond donors (Lipinski definition) is 1. The van der Waals surface area contributed by atoms with Crippen molar-refractivity contribution in [2.24, 2.45) is 5.92 Å². The van der Waals surface area contributed by atoms with Gasteiger partial charge in [-0.1, -0.05) is 32.3 Å². The van der Waals surface area contributed by atoms with Crippen molar-refractivity contribution in [3.8, 4) is 0 Å². The standard InChI is InChI=1S/C15H25NS/c1-2-16-15(13-7-4-3-5-8-13)11-10-14-9-6-12-17-14/h6,9,12-13,15-16H,2-5,7-8,10-11H2,1H3. The minimum atomic E-state index is 0.752. The van der Waals surface area contributed by atoms with Gasteiger partial charge in [0.05, 0.1) is 0 Å². The second-order valence-electron chi connectivity index (χ2n) is 5.18. The van der Waals surface area contributed by atoms with Crippen molar-refractivity contribution in [1.29, 1.82) is 0 Å². The molecule has 1 nitrogen and oxygen atoms in total. The normalized spacial score (nSPS) is 19.4. The van der Waals surface area contributed by atoms with E-state index in [1.54, 1.807) is 4.88 Å². The van der Waals surface area contributed by atoms with Crippen LogP contribution in [0.1, 0.15) is 50.3 Å². The molecule has 1 fully saturated rings. The fourth-order valence-corrected chi connectivity index (χ4v) is 3.78. The highest BCUT2D eigenvalue weighted by Gasteiger charge is 2.22. The lowest BCUT2D eigenvalue weighted by atomic mass is 9.82. The van der Waals surface area contributed by atoms with Crippen LogP contribution in [0.5, 0.6) is 0 Å². The molecule has 0 aliphatic heterocycles. The summed E-state index contributed by atoms with van der Waals surface area (Å²) in [7, 11) is 0. The number of aryl methyl sites for hydroxylation is 1. The maximum absolute atomic E-state index is 3.72. The van der Waals surface area contributed by atoms with E-state index in [1.165, 1.54) is 44.9 Å². The summed E-state index contributed by atoms with van der Waals surface area (Å²) < 4.78 is 0. The maximum Gasteiger partial charge on any atom is 0.00986 e. The van der Waals surface area contributed by atoms with E-state index in [0.29, 0.717) is 0 Å². The Morgan fingerprint density at radius 2 is 2.18 bits per heavy atom. The van der Waals surface area contributed by atoms with Crippen LogP contribution in [0.25, 0.3) is 0 Å². The largest absolute Gasteiger partial charge is 0.314 e. The van der Waals surface area contributed by atoms with Crippen molar-refractivity contribution in [3.63, 3.8) is 0 Å². The third-order valence-electron chi connectivity index (χ3n) is 3.97. The van der Waals surface area contributed by atoms with E-state index < -0.39 is 0 Å². The molecule has 1 aromatic rings. The number of rotatable bonds is 6. The molecule has 1 atom stereocenters. The summed E-state index contributed by atoms with van der Waals surface area (Å²) in [5.41, 5.74) is 0. The second-order valence-corrected chi connectivity index (χ2v) is 6.21. The quantitative estimate of drug-likeness (QED) is 0.797. The molecule has 1 heterocycles. The summed E-state index contributed by atoms with van der Waals surface area (Å²) in [5, 5.41) is 5.91. The number of thiophene rings is 1. The van der Waals surface area contributed by atoms with Crippen LogP contribution in [0.2, 0.25) is 0 Å². The van der Waals surface area contributed by atoms with Crippen LogP contribution in [-0.4, -0.2) is 12.6 Å². The monoisotopic (exact) mass is 251 g/mol. The van der Waals surface area contributed by atoms with Gasteiger partial charge in [0.15, 0.2) is 0 Å². The van der Waals surface area contributed by atoms with Gasteiger partial charge in [0.1, 0.15) is 0 Å². The lowest BCUT2D eigenvalue weighted by Gasteiger charge is -2.31. The van der Waals surface area contributed by atoms with Gasteiger partial charge in [0, 0.05) is 10.9 Å². The highest BCUT2D eigenvalue weighted by Crippen LogP contribution is 2.28. The Labute approximate surface area is 110 Å². The molecule has 0 bridgehead atoms. The molecule has 1 unspecified atom stereocenters. The van der Waals surface area contributed by atoms with Gasteiger partial charge in [-0.15, -0.1) is 11.3 Å². The second kappa shape index (κ2) is 7.17. The highest BCUT2D eigenvalue weighted by molar-refractivity contribution is 7.09. The third-order valence-corrected chi connectivity index (χ3v) is 4.90. The van der Waals surface area contributed by atoms with Gasteiger partial charge >= 0.3 is 0 Å². The topological polar surface area (TPSA) is 12.0 Å². The molecule has 0 radical (unpaired) electrons. The van der Waals surface area contributed by atoms with E-state index in [2.05, 4.69) is 29.8 Å². The lowest BCUT2D eigenvalue weighted by molar-refractivity contribution is 0.261. The SMILES string of the molecule is CCNC(CCc1cccs1)C1CCCCC1. The van der Waals surface area contributed by atoms with Gasteiger partial charge < -0.3 is 5.32 Å². The molecule has 1 aromatic heterocycles. The van der Waals surface area contributed by atoms with E-state index in [4.69, 9.17) is 0 Å². The van der Waals surface area contributed by atoms with Crippen molar-refractivity contribution < 1.29 is 0 Å². The molecule has 1 N–H and O–H groups in total. The van der Waals surface area contributed by atoms with Crippen LogP contribution in [0.3, 0.4) is 0 Å². The zero-order valence-corrected chi connectivity index (χ0v) is 11.8. The van der Waals surface area contributed by atoms with Crippen LogP contribution in [-0.2, 0) is 6.42 Å². The highest BCUT2D eigenvalue weighted by atomic mass is 32.1. The van der Waals surface area contributed by atoms with E-state index >= 15 is 0 Å². The van der Waals surface area contributed by atoms with Crippen molar-refractivity contribution in [2.75, 3.05) is 6.54 Å². The Bertz CT molecular complexity index is 288. The summed E-state index contributed by atoms with van der Waals surface area (Å²) in [6.45, 7) is 3.35. The molecule has 2 rings (SSSR count). The Morgan fingerprint density at radius 1 is 1.35 bits per heavy atom. The van der Waals surface area contributed by atoms with Gasteiger partial charge in [0.2, 0.25) is 0 Å². The molecule has 0 spiro atoms. The Hall–Kier alpha value is -0.340. The Kier molecular flexibility index (Phi) is 5.53. The predicted octanol–water partition coefficient (Wildman–Crippen LogP) is 4.24. The smallest absolute Gasteiger partial charge is 0.00986 e. The van der Waals surface area contributed by atoms with Crippen molar-refractivity contribution in [3.05, 3.63) is 22.4 Å². The molecule has 17 heavy (non-hydrogen) atoms. The van der Waals surface area contributed by atoms with Crippen LogP contribution < -0.4 is 5.32 Å². The average Bonchev–Trinajstić information content (AvgIpc) is 2.88. The molecule has 0 aromatic carbocycles. The first-order chi connectivity index (χ1) is 8.40. The van der Waals surface area contributed by atoms with Gasteiger partial charge in [-0.05, 0) is 49.6 Å². The van der Waals surface area contributed by atoms with Gasteiger partial charge in [0.25, 0.3) is 0 Å². The van der Waals surface area contributed by atoms with E-state index in [-0.39, 0.29) is 0 Å². The van der Waals surface area contributed by atoms with Crippen molar-refractivity contribution in [1.82, 2.24) is 5.32 Å². The molecule has 1 aliphatic carbocycles. The van der Waals surface area contributed by atoms with E-state index in [9.17, 15) is 0 Å². The van der Waals surface area contributed by atoms with Gasteiger partial charge in [-0.3, -0.25) is 0 Å². The Morgan fingerprint density at radius 3 is 2.82 bits per heavy atom. The van der Waals surface area contributed by atoms with Crippen LogP contribution >= 0.6 is 11.3 Å². The summed E-state index contributed by atoms with van der Waals surface area (Å²) in [4.78, 5) is 1.55. The molecule has 0 amide bonds. The molecule has 2 heteroatoms. The molecular formula is C15H25NS. The molecule has 96 valence electrons. The van der Waals surface area contributed by atoms with Crippen LogP contribution in [0, 0.1) is 5.92 Å². The fourth-order valence-electron chi connectivity index (χ4n) is 3.06. The van der Waals surface area contributed by atoms with Gasteiger partial charge in [-0.2, -0.15) is 0 Å². The molecule has 0 saturated heterocycles. The lowest BCUT2D eigenvalue weighted by Crippen LogP contribution is -2.37. The van der Waals surface area contributed by atoms with Crippen LogP contribution in [0.4, 0.5) is 0 Å². The first-order valence-corrected chi connectivity index (χ1v) is 8.04. The van der Waals surface area contributed by atoms with Crippen molar-refractivity contribution >= 4 is 11.3 Å². The minimum absolute atomic E-state index is 0.752. The first-order valence-electron chi connectivity index (χ1n) is 7.16. The number of hydrogen-bond acceptors (Lipinski definition) is 2. The zero-order chi connectivity index (χ0) is 11.9. The fraction of sp³-hybridized carbons (Fsp3) is 0.733. The molecule has 1 saturated carbocycles. The first kappa shape index (κ1) is 13.1. The summed E-state index contributed by atoms with van der Waals surface area (Å²) >= 11 is 1.90. The van der Waals surface area contributed by atoms with E-state index in [1.807, 2.05) is 11.3 Å². The minimum Gasteiger partial charge on any atom is -0.314 e. The third kappa shape index (κ3) is 4.11. The number of nitrogens with one attached hydrogen (secondary N) is 1. The van der Waals surface area contributed by atoms with Crippen LogP contribution in [0.15, 0.2) is 17.5 Å². The summed E-state index contributed by atoms with van der Waals surface area (Å²) in [6, 6.07) is 5.19. The predicted molar refractivity (Wildman–Crippen MR) is 76.7 cm³/mol. The Balaban J connectivity index is 1.82. The summed E-state index contributed by atoms with van der Waals surface area (Å²) in [5.74, 6) is 0.934. The van der Waals surface area contributed by atoms with Crippen molar-refractivity contribution in [2.45, 2.75) is 57.9 Å². The average molecular weight is 251 g/mol. The van der Waals surface area contributed by atoms with Gasteiger partial charge in [-0.25, -0.2) is 0 Å². The molecule has 1 aliphatic rings. The zero-order valence-electron chi connectivity index (χ0n) is 11.0. The summed E-state index contributed by atoms with van der Waals surface area (Å²) in [6.07, 6.45) is 9.83. The van der Waals surface area contributed by atoms with E-state index in [0.717, 1.165) is 18.5 Å². The maximum atomic E-state index is 3.72. The molecular weight excluding hydrogens is 226 g/mol.